The Morgan fingerprint density at radius 3 is 2.70 bits per heavy atom. The second-order valence-corrected chi connectivity index (χ2v) is 8.17. The van der Waals surface area contributed by atoms with Crippen molar-refractivity contribution in [2.24, 2.45) is 0 Å². The number of fused-ring (bicyclic) bond motifs is 1. The van der Waals surface area contributed by atoms with Gasteiger partial charge in [-0.2, -0.15) is 4.98 Å². The van der Waals surface area contributed by atoms with Crippen LogP contribution in [0.2, 0.25) is 0 Å². The smallest absolute Gasteiger partial charge is 0.234 e. The van der Waals surface area contributed by atoms with Crippen LogP contribution < -0.4 is 9.62 Å². The first-order valence-electron chi connectivity index (χ1n) is 8.22. The van der Waals surface area contributed by atoms with Gasteiger partial charge in [-0.05, 0) is 31.0 Å². The summed E-state index contributed by atoms with van der Waals surface area (Å²) in [7, 11) is -3.59. The fraction of sp³-hybridized carbons (Fsp3) is 0.235. The molecule has 1 aliphatic carbocycles. The third-order valence-electron chi connectivity index (χ3n) is 4.23. The Hall–Kier alpha value is -3.01. The summed E-state index contributed by atoms with van der Waals surface area (Å²) in [6, 6.07) is 5.95. The van der Waals surface area contributed by atoms with Crippen molar-refractivity contribution in [3.63, 3.8) is 0 Å². The number of aromatic nitrogens is 3. The van der Waals surface area contributed by atoms with E-state index in [0.717, 1.165) is 19.1 Å². The fourth-order valence-corrected chi connectivity index (χ4v) is 3.42. The van der Waals surface area contributed by atoms with E-state index in [9.17, 15) is 17.6 Å². The molecule has 3 aromatic rings. The van der Waals surface area contributed by atoms with Gasteiger partial charge in [0.25, 0.3) is 0 Å². The number of nitrogens with one attached hydrogen (secondary N) is 2. The van der Waals surface area contributed by atoms with E-state index in [4.69, 9.17) is 0 Å². The molecule has 2 heterocycles. The van der Waals surface area contributed by atoms with Gasteiger partial charge in [0.15, 0.2) is 0 Å². The summed E-state index contributed by atoms with van der Waals surface area (Å²) in [5.74, 6) is -0.479. The molecule has 2 N–H and O–H groups in total. The zero-order valence-electron chi connectivity index (χ0n) is 14.3. The van der Waals surface area contributed by atoms with Crippen molar-refractivity contribution in [1.82, 2.24) is 15.0 Å². The number of rotatable bonds is 6. The van der Waals surface area contributed by atoms with Crippen molar-refractivity contribution in [3.8, 4) is 11.3 Å². The minimum Gasteiger partial charge on any atom is -0.346 e. The Balaban J connectivity index is 1.82. The zero-order chi connectivity index (χ0) is 19.2. The number of sulfonamides is 1. The van der Waals surface area contributed by atoms with E-state index in [2.05, 4.69) is 19.7 Å². The van der Waals surface area contributed by atoms with E-state index in [1.54, 1.807) is 18.3 Å². The minimum absolute atomic E-state index is 0.0841. The molecule has 4 rings (SSSR count). The molecular formula is C17H16FN5O3S. The number of carbonyl (C=O) groups is 1. The van der Waals surface area contributed by atoms with E-state index >= 15 is 0 Å². The summed E-state index contributed by atoms with van der Waals surface area (Å²) in [6.45, 7) is 0. The molecule has 0 unspecified atom stereocenters. The van der Waals surface area contributed by atoms with E-state index in [0.29, 0.717) is 28.7 Å². The van der Waals surface area contributed by atoms with Crippen LogP contribution in [0.4, 0.5) is 16.0 Å². The molecule has 27 heavy (non-hydrogen) atoms. The van der Waals surface area contributed by atoms with Crippen LogP contribution in [0, 0.1) is 5.82 Å². The second-order valence-electron chi connectivity index (χ2n) is 6.42. The molecule has 10 heteroatoms. The number of benzene rings is 1. The molecule has 0 radical (unpaired) electrons. The molecule has 0 atom stereocenters. The van der Waals surface area contributed by atoms with Crippen molar-refractivity contribution in [2.45, 2.75) is 18.9 Å². The number of nitrogens with zero attached hydrogens (tertiary/aromatic N) is 3. The summed E-state index contributed by atoms with van der Waals surface area (Å²) in [6.07, 6.45) is 5.11. The number of aromatic amines is 1. The van der Waals surface area contributed by atoms with Gasteiger partial charge in [-0.25, -0.2) is 17.8 Å². The van der Waals surface area contributed by atoms with Crippen LogP contribution in [0.5, 0.6) is 0 Å². The molecule has 1 aromatic carbocycles. The Labute approximate surface area is 154 Å². The van der Waals surface area contributed by atoms with Crippen LogP contribution in [-0.2, 0) is 14.8 Å². The summed E-state index contributed by atoms with van der Waals surface area (Å²) in [4.78, 5) is 24.8. The highest BCUT2D eigenvalue weighted by molar-refractivity contribution is 7.92. The van der Waals surface area contributed by atoms with Crippen molar-refractivity contribution >= 4 is 39.1 Å². The van der Waals surface area contributed by atoms with Crippen LogP contribution in [-0.4, -0.2) is 42.1 Å². The average Bonchev–Trinajstić information content (AvgIpc) is 3.31. The summed E-state index contributed by atoms with van der Waals surface area (Å²) in [5.41, 5.74) is 1.28. The van der Waals surface area contributed by atoms with E-state index in [1.165, 1.54) is 17.0 Å². The molecule has 1 aliphatic rings. The van der Waals surface area contributed by atoms with Crippen molar-refractivity contribution < 1.29 is 17.6 Å². The molecule has 0 bridgehead atoms. The minimum atomic E-state index is -3.59. The first-order chi connectivity index (χ1) is 12.9. The third-order valence-corrected chi connectivity index (χ3v) is 4.82. The number of amides is 1. The van der Waals surface area contributed by atoms with Gasteiger partial charge in [-0.3, -0.25) is 14.4 Å². The van der Waals surface area contributed by atoms with Gasteiger partial charge < -0.3 is 4.98 Å². The Morgan fingerprint density at radius 1 is 1.30 bits per heavy atom. The van der Waals surface area contributed by atoms with Crippen LogP contribution in [0.15, 0.2) is 30.5 Å². The van der Waals surface area contributed by atoms with Crippen LogP contribution in [0.25, 0.3) is 22.3 Å². The lowest BCUT2D eigenvalue weighted by Gasteiger charge is -2.16. The number of halogens is 1. The predicted molar refractivity (Wildman–Crippen MR) is 99.3 cm³/mol. The number of hydrogen-bond donors (Lipinski definition) is 2. The molecule has 1 fully saturated rings. The number of anilines is 2. The maximum absolute atomic E-state index is 14.4. The Bertz CT molecular complexity index is 1140. The van der Waals surface area contributed by atoms with Crippen LogP contribution in [0.3, 0.4) is 0 Å². The van der Waals surface area contributed by atoms with E-state index < -0.39 is 15.8 Å². The maximum atomic E-state index is 14.4. The highest BCUT2D eigenvalue weighted by Crippen LogP contribution is 2.33. The Kier molecular flexibility index (Phi) is 4.06. The Morgan fingerprint density at radius 2 is 2.07 bits per heavy atom. The number of H-pyrrole nitrogens is 1. The topological polar surface area (TPSA) is 108 Å². The van der Waals surface area contributed by atoms with Crippen molar-refractivity contribution in [2.75, 3.05) is 15.9 Å². The van der Waals surface area contributed by atoms with Gasteiger partial charge in [0.2, 0.25) is 22.4 Å². The quantitative estimate of drug-likeness (QED) is 0.629. The van der Waals surface area contributed by atoms with Gasteiger partial charge in [0.1, 0.15) is 11.5 Å². The van der Waals surface area contributed by atoms with E-state index in [-0.39, 0.29) is 17.7 Å². The van der Waals surface area contributed by atoms with Crippen LogP contribution in [0.1, 0.15) is 12.8 Å². The molecule has 140 valence electrons. The zero-order valence-corrected chi connectivity index (χ0v) is 15.1. The summed E-state index contributed by atoms with van der Waals surface area (Å²) < 4.78 is 39.2. The van der Waals surface area contributed by atoms with Gasteiger partial charge in [-0.15, -0.1) is 0 Å². The monoisotopic (exact) mass is 389 g/mol. The summed E-state index contributed by atoms with van der Waals surface area (Å²) >= 11 is 0. The lowest BCUT2D eigenvalue weighted by Crippen LogP contribution is -2.25. The van der Waals surface area contributed by atoms with Crippen molar-refractivity contribution in [3.05, 3.63) is 36.3 Å². The molecule has 1 saturated carbocycles. The average molecular weight is 389 g/mol. The standard InChI is InChI=1S/C17H16FN5O3S/c1-27(25,26)22-14-5-2-10(8-13(14)18)15-12-6-7-19-16(12)21-17(20-15)23(9-24)11-3-4-11/h2,5-9,11,22H,3-4H2,1H3,(H,19,20,21). The fourth-order valence-electron chi connectivity index (χ4n) is 2.86. The second kappa shape index (κ2) is 6.31. The molecule has 0 aliphatic heterocycles. The highest BCUT2D eigenvalue weighted by atomic mass is 32.2. The first kappa shape index (κ1) is 17.4. The van der Waals surface area contributed by atoms with Gasteiger partial charge in [-0.1, -0.05) is 6.07 Å². The normalized spacial score (nSPS) is 14.3. The van der Waals surface area contributed by atoms with Gasteiger partial charge >= 0.3 is 0 Å². The van der Waals surface area contributed by atoms with E-state index in [1.807, 2.05) is 0 Å². The maximum Gasteiger partial charge on any atom is 0.234 e. The number of hydrogen-bond acceptors (Lipinski definition) is 5. The number of carbonyl (C=O) groups excluding carboxylic acids is 1. The third kappa shape index (κ3) is 3.47. The summed E-state index contributed by atoms with van der Waals surface area (Å²) in [5, 5.41) is 0.670. The lowest BCUT2D eigenvalue weighted by molar-refractivity contribution is -0.107. The molecule has 1 amide bonds. The SMILES string of the molecule is CS(=O)(=O)Nc1ccc(-c2nc(N(C=O)C3CC3)nc3[nH]ccc23)cc1F. The molecule has 0 saturated heterocycles. The van der Waals surface area contributed by atoms with Crippen LogP contribution >= 0.6 is 0 Å². The van der Waals surface area contributed by atoms with Gasteiger partial charge in [0.05, 0.1) is 17.6 Å². The predicted octanol–water partition coefficient (Wildman–Crippen LogP) is 2.26. The van der Waals surface area contributed by atoms with Crippen molar-refractivity contribution in [1.29, 1.82) is 0 Å². The first-order valence-corrected chi connectivity index (χ1v) is 10.1. The largest absolute Gasteiger partial charge is 0.346 e. The molecule has 2 aromatic heterocycles. The molecule has 0 spiro atoms. The van der Waals surface area contributed by atoms with Gasteiger partial charge in [0, 0.05) is 23.2 Å². The molecular weight excluding hydrogens is 373 g/mol. The molecule has 8 nitrogen and oxygen atoms in total. The lowest BCUT2D eigenvalue weighted by atomic mass is 10.1. The highest BCUT2D eigenvalue weighted by Gasteiger charge is 2.31.